The lowest BCUT2D eigenvalue weighted by molar-refractivity contribution is -0.136. The molecule has 1 atom stereocenters. The topological polar surface area (TPSA) is 46.3 Å². The molecule has 0 bridgehead atoms. The number of carbonyl (C=O) groups excluding carboxylic acids is 1. The lowest BCUT2D eigenvalue weighted by Gasteiger charge is -2.39. The highest BCUT2D eigenvalue weighted by Crippen LogP contribution is 2.34. The number of amides is 1. The van der Waals surface area contributed by atoms with Crippen LogP contribution >= 0.6 is 0 Å². The minimum atomic E-state index is -0.0220. The first-order valence-corrected chi connectivity index (χ1v) is 6.35. The lowest BCUT2D eigenvalue weighted by Crippen LogP contribution is -2.44. The summed E-state index contributed by atoms with van der Waals surface area (Å²) < 4.78 is 0. The van der Waals surface area contributed by atoms with E-state index in [9.17, 15) is 4.79 Å². The molecule has 0 spiro atoms. The van der Waals surface area contributed by atoms with Crippen LogP contribution in [0.25, 0.3) is 0 Å². The molecule has 1 heterocycles. The van der Waals surface area contributed by atoms with Gasteiger partial charge in [0.2, 0.25) is 5.91 Å². The summed E-state index contributed by atoms with van der Waals surface area (Å²) in [5, 5.41) is 0. The number of hydrogen-bond donors (Lipinski definition) is 1. The summed E-state index contributed by atoms with van der Waals surface area (Å²) >= 11 is 0. The Morgan fingerprint density at radius 1 is 1.38 bits per heavy atom. The molecule has 1 saturated heterocycles. The summed E-state index contributed by atoms with van der Waals surface area (Å²) in [6.45, 7) is 11.1. The summed E-state index contributed by atoms with van der Waals surface area (Å²) in [5.74, 6) is 0.950. The van der Waals surface area contributed by atoms with Crippen LogP contribution in [0.2, 0.25) is 0 Å². The molecule has 16 heavy (non-hydrogen) atoms. The second-order valence-electron chi connectivity index (χ2n) is 6.10. The molecule has 1 rings (SSSR count). The predicted molar refractivity (Wildman–Crippen MR) is 67.0 cm³/mol. The van der Waals surface area contributed by atoms with E-state index < -0.39 is 0 Å². The fourth-order valence-corrected chi connectivity index (χ4v) is 2.38. The van der Waals surface area contributed by atoms with Gasteiger partial charge in [-0.3, -0.25) is 4.79 Å². The molecule has 1 amide bonds. The van der Waals surface area contributed by atoms with Crippen LogP contribution in [0.5, 0.6) is 0 Å². The van der Waals surface area contributed by atoms with Gasteiger partial charge in [-0.25, -0.2) is 0 Å². The van der Waals surface area contributed by atoms with Crippen molar-refractivity contribution in [1.29, 1.82) is 0 Å². The molecular formula is C13H26N2O. The SMILES string of the molecule is CC(CN)C(=O)N1CCC(C(C)(C)C)CC1. The third-order valence-electron chi connectivity index (χ3n) is 3.81. The fraction of sp³-hybridized carbons (Fsp3) is 0.923. The first-order valence-electron chi connectivity index (χ1n) is 6.35. The zero-order chi connectivity index (χ0) is 12.3. The third kappa shape index (κ3) is 3.21. The molecule has 0 radical (unpaired) electrons. The van der Waals surface area contributed by atoms with Crippen molar-refractivity contribution in [3.63, 3.8) is 0 Å². The van der Waals surface area contributed by atoms with Gasteiger partial charge in [-0.1, -0.05) is 27.7 Å². The second kappa shape index (κ2) is 5.17. The third-order valence-corrected chi connectivity index (χ3v) is 3.81. The van der Waals surface area contributed by atoms with E-state index in [1.54, 1.807) is 0 Å². The second-order valence-corrected chi connectivity index (χ2v) is 6.10. The highest BCUT2D eigenvalue weighted by Gasteiger charge is 2.31. The maximum absolute atomic E-state index is 11.9. The smallest absolute Gasteiger partial charge is 0.226 e. The van der Waals surface area contributed by atoms with Gasteiger partial charge >= 0.3 is 0 Å². The zero-order valence-corrected chi connectivity index (χ0v) is 11.1. The van der Waals surface area contributed by atoms with Gasteiger partial charge in [-0.05, 0) is 24.2 Å². The van der Waals surface area contributed by atoms with E-state index in [1.807, 2.05) is 11.8 Å². The van der Waals surface area contributed by atoms with Gasteiger partial charge in [0.05, 0.1) is 0 Å². The van der Waals surface area contributed by atoms with E-state index in [1.165, 1.54) is 0 Å². The monoisotopic (exact) mass is 226 g/mol. The average Bonchev–Trinajstić information content (AvgIpc) is 2.26. The van der Waals surface area contributed by atoms with Crippen molar-refractivity contribution in [2.24, 2.45) is 23.0 Å². The van der Waals surface area contributed by atoms with Gasteiger partial charge in [0.15, 0.2) is 0 Å². The standard InChI is InChI=1S/C13H26N2O/c1-10(9-14)12(16)15-7-5-11(6-8-15)13(2,3)4/h10-11H,5-9,14H2,1-4H3. The van der Waals surface area contributed by atoms with Crippen molar-refractivity contribution in [3.8, 4) is 0 Å². The van der Waals surface area contributed by atoms with Crippen LogP contribution in [0.1, 0.15) is 40.5 Å². The normalized spacial score (nSPS) is 20.9. The van der Waals surface area contributed by atoms with Gasteiger partial charge in [0.25, 0.3) is 0 Å². The zero-order valence-electron chi connectivity index (χ0n) is 11.1. The van der Waals surface area contributed by atoms with E-state index in [0.29, 0.717) is 12.0 Å². The Bertz CT molecular complexity index is 237. The summed E-state index contributed by atoms with van der Waals surface area (Å²) in [7, 11) is 0. The largest absolute Gasteiger partial charge is 0.342 e. The number of nitrogens with two attached hydrogens (primary N) is 1. The van der Waals surface area contributed by atoms with Gasteiger partial charge in [0, 0.05) is 25.6 Å². The van der Waals surface area contributed by atoms with Crippen molar-refractivity contribution in [1.82, 2.24) is 4.90 Å². The van der Waals surface area contributed by atoms with Crippen LogP contribution in [-0.2, 0) is 4.79 Å². The molecule has 1 fully saturated rings. The number of carbonyl (C=O) groups is 1. The van der Waals surface area contributed by atoms with Crippen LogP contribution in [0.4, 0.5) is 0 Å². The molecule has 0 aromatic heterocycles. The molecule has 0 saturated carbocycles. The lowest BCUT2D eigenvalue weighted by atomic mass is 9.75. The van der Waals surface area contributed by atoms with E-state index in [-0.39, 0.29) is 11.8 Å². The Kier molecular flexibility index (Phi) is 4.36. The highest BCUT2D eigenvalue weighted by molar-refractivity contribution is 5.78. The highest BCUT2D eigenvalue weighted by atomic mass is 16.2. The maximum Gasteiger partial charge on any atom is 0.226 e. The quantitative estimate of drug-likeness (QED) is 0.781. The van der Waals surface area contributed by atoms with Crippen LogP contribution in [-0.4, -0.2) is 30.4 Å². The van der Waals surface area contributed by atoms with E-state index in [4.69, 9.17) is 5.73 Å². The molecule has 1 aliphatic heterocycles. The number of hydrogen-bond acceptors (Lipinski definition) is 2. The molecule has 0 aromatic rings. The Labute approximate surface area is 99.4 Å². The van der Waals surface area contributed by atoms with Crippen LogP contribution in [0.15, 0.2) is 0 Å². The summed E-state index contributed by atoms with van der Waals surface area (Å²) in [6, 6.07) is 0. The maximum atomic E-state index is 11.9. The minimum absolute atomic E-state index is 0.0220. The Balaban J connectivity index is 2.46. The van der Waals surface area contributed by atoms with Crippen molar-refractivity contribution in [3.05, 3.63) is 0 Å². The van der Waals surface area contributed by atoms with Crippen LogP contribution in [0.3, 0.4) is 0 Å². The van der Waals surface area contributed by atoms with E-state index in [2.05, 4.69) is 20.8 Å². The molecule has 0 aromatic carbocycles. The summed E-state index contributed by atoms with van der Waals surface area (Å²) in [4.78, 5) is 13.9. The molecular weight excluding hydrogens is 200 g/mol. The van der Waals surface area contributed by atoms with Crippen LogP contribution in [0, 0.1) is 17.3 Å². The molecule has 3 nitrogen and oxygen atoms in total. The molecule has 0 aliphatic carbocycles. The summed E-state index contributed by atoms with van der Waals surface area (Å²) in [5.41, 5.74) is 5.90. The molecule has 2 N–H and O–H groups in total. The predicted octanol–water partition coefficient (Wildman–Crippen LogP) is 1.87. The number of likely N-dealkylation sites (tertiary alicyclic amines) is 1. The van der Waals surface area contributed by atoms with Crippen molar-refractivity contribution in [2.75, 3.05) is 19.6 Å². The number of piperidine rings is 1. The number of rotatable bonds is 2. The molecule has 94 valence electrons. The van der Waals surface area contributed by atoms with Gasteiger partial charge in [0.1, 0.15) is 0 Å². The molecule has 1 aliphatic rings. The van der Waals surface area contributed by atoms with Crippen molar-refractivity contribution >= 4 is 5.91 Å². The van der Waals surface area contributed by atoms with Crippen molar-refractivity contribution in [2.45, 2.75) is 40.5 Å². The summed E-state index contributed by atoms with van der Waals surface area (Å²) in [6.07, 6.45) is 2.26. The Morgan fingerprint density at radius 2 is 1.88 bits per heavy atom. The van der Waals surface area contributed by atoms with Crippen LogP contribution < -0.4 is 5.73 Å². The van der Waals surface area contributed by atoms with Gasteiger partial charge in [-0.15, -0.1) is 0 Å². The van der Waals surface area contributed by atoms with Gasteiger partial charge in [-0.2, -0.15) is 0 Å². The first-order chi connectivity index (χ1) is 7.36. The number of nitrogens with zero attached hydrogens (tertiary/aromatic N) is 1. The van der Waals surface area contributed by atoms with E-state index in [0.717, 1.165) is 31.8 Å². The first kappa shape index (κ1) is 13.5. The fourth-order valence-electron chi connectivity index (χ4n) is 2.38. The Morgan fingerprint density at radius 3 is 2.25 bits per heavy atom. The van der Waals surface area contributed by atoms with Crippen molar-refractivity contribution < 1.29 is 4.79 Å². The van der Waals surface area contributed by atoms with Gasteiger partial charge < -0.3 is 10.6 Å². The molecule has 1 unspecified atom stereocenters. The average molecular weight is 226 g/mol. The Hall–Kier alpha value is -0.570. The minimum Gasteiger partial charge on any atom is -0.342 e. The van der Waals surface area contributed by atoms with E-state index >= 15 is 0 Å². The molecule has 3 heteroatoms.